The summed E-state index contributed by atoms with van der Waals surface area (Å²) in [5, 5.41) is 2.75. The Labute approximate surface area is 176 Å². The molecule has 3 aliphatic heterocycles. The van der Waals surface area contributed by atoms with Gasteiger partial charge in [-0.25, -0.2) is 0 Å². The minimum atomic E-state index is -0.402. The number of benzene rings is 1. The van der Waals surface area contributed by atoms with Crippen molar-refractivity contribution in [1.29, 1.82) is 0 Å². The number of hydrogen-bond donors (Lipinski definition) is 2. The summed E-state index contributed by atoms with van der Waals surface area (Å²) in [5.41, 5.74) is 8.34. The van der Waals surface area contributed by atoms with Crippen LogP contribution in [0.25, 0.3) is 0 Å². The number of rotatable bonds is 6. The lowest BCUT2D eigenvalue weighted by Crippen LogP contribution is -2.43. The quantitative estimate of drug-likeness (QED) is 0.678. The average Bonchev–Trinajstić information content (AvgIpc) is 3.36. The number of nitrogens with one attached hydrogen (secondary N) is 1. The van der Waals surface area contributed by atoms with E-state index in [1.54, 1.807) is 0 Å². The number of carbonyl (C=O) groups excluding carboxylic acids is 3. The van der Waals surface area contributed by atoms with E-state index < -0.39 is 11.8 Å². The van der Waals surface area contributed by atoms with E-state index in [0.29, 0.717) is 5.92 Å². The van der Waals surface area contributed by atoms with Crippen molar-refractivity contribution in [1.82, 2.24) is 10.2 Å². The van der Waals surface area contributed by atoms with Crippen LogP contribution in [-0.2, 0) is 19.1 Å². The number of hydrogen-bond acceptors (Lipinski definition) is 5. The van der Waals surface area contributed by atoms with Crippen molar-refractivity contribution in [3.05, 3.63) is 35.4 Å². The van der Waals surface area contributed by atoms with Gasteiger partial charge in [0.15, 0.2) is 0 Å². The third-order valence-corrected chi connectivity index (χ3v) is 6.23. The number of amides is 3. The van der Waals surface area contributed by atoms with E-state index in [2.05, 4.69) is 19.2 Å². The minimum Gasteiger partial charge on any atom is -0.373 e. The zero-order valence-corrected chi connectivity index (χ0v) is 17.5. The first-order chi connectivity index (χ1) is 13.4. The van der Waals surface area contributed by atoms with Crippen LogP contribution in [0.15, 0.2) is 24.3 Å². The summed E-state index contributed by atoms with van der Waals surface area (Å²) in [6, 6.07) is 7.67. The van der Waals surface area contributed by atoms with Crippen LogP contribution in [-0.4, -0.2) is 47.9 Å². The Morgan fingerprint density at radius 2 is 1.62 bits per heavy atom. The summed E-state index contributed by atoms with van der Waals surface area (Å²) in [6.45, 7) is 4.25. The Bertz CT molecular complexity index is 770. The van der Waals surface area contributed by atoms with Gasteiger partial charge in [-0.1, -0.05) is 38.1 Å². The highest BCUT2D eigenvalue weighted by atomic mass is 35.5. The number of nitrogens with two attached hydrogens (primary N) is 1. The average molecular weight is 422 g/mol. The number of halogens is 1. The van der Waals surface area contributed by atoms with E-state index >= 15 is 0 Å². The minimum absolute atomic E-state index is 0. The van der Waals surface area contributed by atoms with Crippen molar-refractivity contribution in [2.75, 3.05) is 13.1 Å². The first kappa shape index (κ1) is 21.7. The number of imide groups is 1. The van der Waals surface area contributed by atoms with Gasteiger partial charge in [0.25, 0.3) is 0 Å². The van der Waals surface area contributed by atoms with E-state index in [-0.39, 0.29) is 61.5 Å². The molecule has 0 radical (unpaired) electrons. The van der Waals surface area contributed by atoms with Gasteiger partial charge < -0.3 is 15.8 Å². The molecule has 2 bridgehead atoms. The molecule has 3 saturated heterocycles. The fraction of sp³-hybridized carbons (Fsp3) is 0.571. The van der Waals surface area contributed by atoms with Crippen molar-refractivity contribution in [3.8, 4) is 0 Å². The maximum absolute atomic E-state index is 12.6. The molecule has 1 aromatic rings. The third kappa shape index (κ3) is 3.91. The molecule has 158 valence electrons. The summed E-state index contributed by atoms with van der Waals surface area (Å²) in [6.07, 6.45) is 1.30. The van der Waals surface area contributed by atoms with Gasteiger partial charge in [-0.15, -0.1) is 12.4 Å². The summed E-state index contributed by atoms with van der Waals surface area (Å²) in [4.78, 5) is 38.6. The topological polar surface area (TPSA) is 102 Å². The summed E-state index contributed by atoms with van der Waals surface area (Å²) in [7, 11) is 0. The van der Waals surface area contributed by atoms with Gasteiger partial charge in [0, 0.05) is 12.6 Å². The standard InChI is InChI=1S/C21H27N3O4.ClH/c1-11(2)12-3-5-13(6-4-12)14(22)9-23-17(25)10-24-20(26)18-15-7-8-16(28-15)19(18)21(24)27;/h3-6,11,14-16,18-19H,7-10,22H2,1-2H3,(H,23,25);1H. The zero-order valence-electron chi connectivity index (χ0n) is 16.7. The number of carbonyl (C=O) groups is 3. The monoisotopic (exact) mass is 421 g/mol. The smallest absolute Gasteiger partial charge is 0.240 e. The van der Waals surface area contributed by atoms with E-state index in [0.717, 1.165) is 23.3 Å². The molecule has 7 nitrogen and oxygen atoms in total. The molecular weight excluding hydrogens is 394 g/mol. The summed E-state index contributed by atoms with van der Waals surface area (Å²) in [5.74, 6) is -1.27. The fourth-order valence-corrected chi connectivity index (χ4v) is 4.60. The molecule has 3 amide bonds. The molecule has 0 saturated carbocycles. The van der Waals surface area contributed by atoms with Crippen molar-refractivity contribution in [2.24, 2.45) is 17.6 Å². The van der Waals surface area contributed by atoms with Crippen LogP contribution in [0.3, 0.4) is 0 Å². The number of nitrogens with zero attached hydrogens (tertiary/aromatic N) is 1. The van der Waals surface area contributed by atoms with Crippen LogP contribution in [0.2, 0.25) is 0 Å². The molecule has 0 aromatic heterocycles. The molecule has 3 aliphatic rings. The number of ether oxygens (including phenoxy) is 1. The molecule has 5 atom stereocenters. The van der Waals surface area contributed by atoms with Gasteiger partial charge in [0.1, 0.15) is 6.54 Å². The predicted molar refractivity (Wildman–Crippen MR) is 109 cm³/mol. The molecule has 8 heteroatoms. The molecule has 4 rings (SSSR count). The Morgan fingerprint density at radius 3 is 2.14 bits per heavy atom. The van der Waals surface area contributed by atoms with Crippen LogP contribution in [0.5, 0.6) is 0 Å². The van der Waals surface area contributed by atoms with E-state index in [1.165, 1.54) is 5.56 Å². The Kier molecular flexibility index (Phi) is 6.31. The number of likely N-dealkylation sites (tertiary alicyclic amines) is 1. The maximum atomic E-state index is 12.6. The van der Waals surface area contributed by atoms with Crippen molar-refractivity contribution in [2.45, 2.75) is 50.9 Å². The fourth-order valence-electron chi connectivity index (χ4n) is 4.60. The molecule has 3 N–H and O–H groups in total. The van der Waals surface area contributed by atoms with Gasteiger partial charge in [-0.05, 0) is 29.9 Å². The van der Waals surface area contributed by atoms with Crippen molar-refractivity contribution in [3.63, 3.8) is 0 Å². The first-order valence-corrected chi connectivity index (χ1v) is 9.99. The van der Waals surface area contributed by atoms with Gasteiger partial charge in [-0.3, -0.25) is 19.3 Å². The SMILES string of the molecule is CC(C)c1ccc(C(N)CNC(=O)CN2C(=O)C3C4CCC(O4)C3C2=O)cc1.Cl. The van der Waals surface area contributed by atoms with Gasteiger partial charge in [-0.2, -0.15) is 0 Å². The second-order valence-corrected chi connectivity index (χ2v) is 8.34. The molecule has 5 unspecified atom stereocenters. The molecule has 3 heterocycles. The zero-order chi connectivity index (χ0) is 20.0. The number of fused-ring (bicyclic) bond motifs is 5. The Balaban J connectivity index is 0.00000240. The van der Waals surface area contributed by atoms with E-state index in [4.69, 9.17) is 10.5 Å². The maximum Gasteiger partial charge on any atom is 0.240 e. The molecule has 1 aromatic carbocycles. The lowest BCUT2D eigenvalue weighted by atomic mass is 9.81. The van der Waals surface area contributed by atoms with Crippen LogP contribution >= 0.6 is 12.4 Å². The largest absolute Gasteiger partial charge is 0.373 e. The lowest BCUT2D eigenvalue weighted by molar-refractivity contribution is -0.146. The highest BCUT2D eigenvalue weighted by Crippen LogP contribution is 2.48. The van der Waals surface area contributed by atoms with Gasteiger partial charge >= 0.3 is 0 Å². The van der Waals surface area contributed by atoms with Crippen LogP contribution < -0.4 is 11.1 Å². The van der Waals surface area contributed by atoms with Crippen molar-refractivity contribution < 1.29 is 19.1 Å². The normalized spacial score (nSPS) is 28.5. The van der Waals surface area contributed by atoms with Gasteiger partial charge in [0.05, 0.1) is 24.0 Å². The summed E-state index contributed by atoms with van der Waals surface area (Å²) >= 11 is 0. The molecule has 29 heavy (non-hydrogen) atoms. The molecule has 3 fully saturated rings. The highest BCUT2D eigenvalue weighted by Gasteiger charge is 2.62. The molecular formula is C21H28ClN3O4. The molecule has 0 spiro atoms. The van der Waals surface area contributed by atoms with Crippen LogP contribution in [0.1, 0.15) is 49.8 Å². The van der Waals surface area contributed by atoms with Crippen molar-refractivity contribution >= 4 is 30.1 Å². The van der Waals surface area contributed by atoms with E-state index in [1.807, 2.05) is 24.3 Å². The predicted octanol–water partition coefficient (Wildman–Crippen LogP) is 1.51. The van der Waals surface area contributed by atoms with Crippen LogP contribution in [0, 0.1) is 11.8 Å². The first-order valence-electron chi connectivity index (χ1n) is 9.99. The van der Waals surface area contributed by atoms with Gasteiger partial charge in [0.2, 0.25) is 17.7 Å². The second kappa shape index (κ2) is 8.42. The van der Waals surface area contributed by atoms with E-state index in [9.17, 15) is 14.4 Å². The summed E-state index contributed by atoms with van der Waals surface area (Å²) < 4.78 is 5.70. The van der Waals surface area contributed by atoms with Crippen LogP contribution in [0.4, 0.5) is 0 Å². The second-order valence-electron chi connectivity index (χ2n) is 8.34. The highest BCUT2D eigenvalue weighted by molar-refractivity contribution is 6.08. The molecule has 0 aliphatic carbocycles. The lowest BCUT2D eigenvalue weighted by Gasteiger charge is -2.18. The Hall–Kier alpha value is -1.96. The Morgan fingerprint density at radius 1 is 1.10 bits per heavy atom. The third-order valence-electron chi connectivity index (χ3n) is 6.23.